The molecular formula is C25H23N3O4S. The van der Waals surface area contributed by atoms with Crippen LogP contribution in [0.3, 0.4) is 0 Å². The fraction of sp³-hybridized carbons (Fsp3) is 0.160. The number of benzene rings is 2. The van der Waals surface area contributed by atoms with E-state index in [9.17, 15) is 13.6 Å². The minimum atomic E-state index is -3.43. The van der Waals surface area contributed by atoms with Crippen molar-refractivity contribution in [1.82, 2.24) is 14.3 Å². The van der Waals surface area contributed by atoms with Gasteiger partial charge in [0.1, 0.15) is 11.5 Å². The maximum absolute atomic E-state index is 12.6. The summed E-state index contributed by atoms with van der Waals surface area (Å²) < 4.78 is 34.6. The maximum Gasteiger partial charge on any atom is 0.178 e. The number of sulfone groups is 1. The molecule has 3 aromatic rings. The Bertz CT molecular complexity index is 1580. The summed E-state index contributed by atoms with van der Waals surface area (Å²) >= 11 is 0. The van der Waals surface area contributed by atoms with Crippen LogP contribution in [-0.2, 0) is 16.9 Å². The van der Waals surface area contributed by atoms with E-state index < -0.39 is 9.84 Å². The Labute approximate surface area is 191 Å². The normalized spacial score (nSPS) is 12.0. The van der Waals surface area contributed by atoms with Crippen LogP contribution in [0.5, 0.6) is 11.5 Å². The van der Waals surface area contributed by atoms with E-state index in [4.69, 9.17) is 4.74 Å². The van der Waals surface area contributed by atoms with Gasteiger partial charge in [-0.1, -0.05) is 6.92 Å². The molecule has 1 N–H and O–H groups in total. The summed E-state index contributed by atoms with van der Waals surface area (Å²) in [6.45, 7) is 3.38. The molecule has 5 rings (SSSR count). The molecule has 0 aliphatic carbocycles. The molecule has 33 heavy (non-hydrogen) atoms. The molecule has 2 aliphatic heterocycles. The third-order valence-electron chi connectivity index (χ3n) is 5.92. The van der Waals surface area contributed by atoms with Gasteiger partial charge in [0.15, 0.2) is 15.7 Å². The van der Waals surface area contributed by atoms with Crippen LogP contribution in [0.2, 0.25) is 0 Å². The Morgan fingerprint density at radius 2 is 1.82 bits per heavy atom. The Morgan fingerprint density at radius 3 is 2.61 bits per heavy atom. The number of rotatable bonds is 5. The van der Waals surface area contributed by atoms with Gasteiger partial charge in [-0.2, -0.15) is 4.73 Å². The van der Waals surface area contributed by atoms with Crippen LogP contribution in [-0.4, -0.2) is 33.7 Å². The number of ether oxygens (including phenoxy) is 1. The lowest BCUT2D eigenvalue weighted by molar-refractivity contribution is 0.180. The molecule has 0 saturated carbocycles. The lowest BCUT2D eigenvalue weighted by Gasteiger charge is -2.18. The number of fused-ring (bicyclic) bond motifs is 2. The number of aryl methyl sites for hydroxylation is 2. The summed E-state index contributed by atoms with van der Waals surface area (Å²) in [6.07, 6.45) is 3.59. The van der Waals surface area contributed by atoms with Crippen molar-refractivity contribution in [2.45, 2.75) is 18.7 Å². The average molecular weight is 462 g/mol. The highest BCUT2D eigenvalue weighted by atomic mass is 32.2. The van der Waals surface area contributed by atoms with Crippen LogP contribution in [0.25, 0.3) is 33.4 Å². The van der Waals surface area contributed by atoms with Gasteiger partial charge in [0, 0.05) is 41.5 Å². The molecule has 0 unspecified atom stereocenters. The number of pyridine rings is 1. The first-order valence-electron chi connectivity index (χ1n) is 10.5. The lowest BCUT2D eigenvalue weighted by atomic mass is 9.98. The van der Waals surface area contributed by atoms with Gasteiger partial charge in [-0.3, -0.25) is 0 Å². The molecule has 7 nitrogen and oxygen atoms in total. The number of hydrogen-bond donors (Lipinski definition) is 1. The molecule has 0 radical (unpaired) electrons. The van der Waals surface area contributed by atoms with Crippen molar-refractivity contribution in [2.24, 2.45) is 7.05 Å². The third-order valence-corrected chi connectivity index (χ3v) is 7.65. The maximum atomic E-state index is 12.6. The monoisotopic (exact) mass is 461 g/mol. The Kier molecular flexibility index (Phi) is 4.90. The van der Waals surface area contributed by atoms with Gasteiger partial charge in [0.25, 0.3) is 0 Å². The molecular weight excluding hydrogens is 438 g/mol. The predicted octanol–water partition coefficient (Wildman–Crippen LogP) is 5.28. The Hall–Kier alpha value is -3.78. The van der Waals surface area contributed by atoms with E-state index in [0.29, 0.717) is 34.1 Å². The van der Waals surface area contributed by atoms with Crippen LogP contribution in [0.15, 0.2) is 71.9 Å². The molecule has 0 atom stereocenters. The fourth-order valence-electron chi connectivity index (χ4n) is 4.06. The van der Waals surface area contributed by atoms with Crippen LogP contribution in [0, 0.1) is 6.92 Å². The lowest BCUT2D eigenvalue weighted by Crippen LogP contribution is -2.06. The summed E-state index contributed by atoms with van der Waals surface area (Å²) in [5.74, 6) is 1.54. The molecule has 3 heterocycles. The number of aromatic nitrogens is 3. The zero-order valence-electron chi connectivity index (χ0n) is 18.5. The second-order valence-electron chi connectivity index (χ2n) is 8.00. The smallest absolute Gasteiger partial charge is 0.178 e. The summed E-state index contributed by atoms with van der Waals surface area (Å²) in [4.78, 5) is 4.47. The van der Waals surface area contributed by atoms with Crippen LogP contribution < -0.4 is 4.74 Å². The van der Waals surface area contributed by atoms with E-state index in [2.05, 4.69) is 4.98 Å². The van der Waals surface area contributed by atoms with E-state index in [-0.39, 0.29) is 10.6 Å². The van der Waals surface area contributed by atoms with Gasteiger partial charge >= 0.3 is 0 Å². The van der Waals surface area contributed by atoms with Crippen molar-refractivity contribution in [3.63, 3.8) is 0 Å². The van der Waals surface area contributed by atoms with Crippen molar-refractivity contribution in [3.05, 3.63) is 72.7 Å². The molecule has 168 valence electrons. The minimum Gasteiger partial charge on any atom is -0.457 e. The van der Waals surface area contributed by atoms with E-state index in [1.54, 1.807) is 50.4 Å². The topological polar surface area (TPSA) is 86.4 Å². The van der Waals surface area contributed by atoms with Gasteiger partial charge in [-0.25, -0.2) is 13.4 Å². The van der Waals surface area contributed by atoms with Crippen LogP contribution in [0.1, 0.15) is 12.6 Å². The largest absolute Gasteiger partial charge is 0.457 e. The Morgan fingerprint density at radius 1 is 1.00 bits per heavy atom. The van der Waals surface area contributed by atoms with Crippen molar-refractivity contribution in [3.8, 4) is 34.0 Å². The zero-order chi connectivity index (χ0) is 23.3. The highest BCUT2D eigenvalue weighted by molar-refractivity contribution is 7.91. The van der Waals surface area contributed by atoms with Gasteiger partial charge < -0.3 is 14.5 Å². The third kappa shape index (κ3) is 3.52. The van der Waals surface area contributed by atoms with Gasteiger partial charge in [-0.05, 0) is 67.1 Å². The SMILES string of the molecule is CCS(=O)(=O)c1ccc(Oc2ccc3c(ccn3C)c2)c(-c2cc(C)n(O)c3nccc2-3)c1. The minimum absolute atomic E-state index is 0.00484. The van der Waals surface area contributed by atoms with Crippen molar-refractivity contribution >= 4 is 20.7 Å². The van der Waals surface area contributed by atoms with Crippen LogP contribution >= 0.6 is 0 Å². The highest BCUT2D eigenvalue weighted by Crippen LogP contribution is 2.41. The van der Waals surface area contributed by atoms with Gasteiger partial charge in [0.2, 0.25) is 0 Å². The molecule has 2 aromatic carbocycles. The number of hydrogen-bond acceptors (Lipinski definition) is 5. The molecule has 0 saturated heterocycles. The summed E-state index contributed by atoms with van der Waals surface area (Å²) in [7, 11) is -1.45. The highest BCUT2D eigenvalue weighted by Gasteiger charge is 2.22. The van der Waals surface area contributed by atoms with E-state index >= 15 is 0 Å². The van der Waals surface area contributed by atoms with Crippen molar-refractivity contribution in [1.29, 1.82) is 0 Å². The first-order valence-corrected chi connectivity index (χ1v) is 12.2. The second kappa shape index (κ2) is 7.67. The molecule has 0 fully saturated rings. The zero-order valence-corrected chi connectivity index (χ0v) is 19.3. The summed E-state index contributed by atoms with van der Waals surface area (Å²) in [5.41, 5.74) is 3.69. The molecule has 8 heteroatoms. The van der Waals surface area contributed by atoms with Crippen molar-refractivity contribution in [2.75, 3.05) is 5.75 Å². The molecule has 1 aromatic heterocycles. The average Bonchev–Trinajstić information content (AvgIpc) is 3.44. The van der Waals surface area contributed by atoms with E-state index in [0.717, 1.165) is 21.2 Å². The quantitative estimate of drug-likeness (QED) is 0.360. The predicted molar refractivity (Wildman–Crippen MR) is 127 cm³/mol. The molecule has 0 amide bonds. The van der Waals surface area contributed by atoms with E-state index in [1.807, 2.05) is 42.1 Å². The summed E-state index contributed by atoms with van der Waals surface area (Å²) in [6, 6.07) is 16.3. The first-order chi connectivity index (χ1) is 15.8. The van der Waals surface area contributed by atoms with Gasteiger partial charge in [-0.15, -0.1) is 0 Å². The standard InChI is InChI=1S/C25H23N3O4S/c1-4-33(30,31)19-6-8-24(32-18-5-7-23-17(14-18)10-12-27(23)3)22(15-19)21-13-16(2)28(29)25-20(21)9-11-26-25/h5-15,29H,4H2,1-3H3. The second-order valence-corrected chi connectivity index (χ2v) is 10.3. The molecule has 2 aliphatic rings. The van der Waals surface area contributed by atoms with Crippen molar-refractivity contribution < 1.29 is 18.4 Å². The van der Waals surface area contributed by atoms with E-state index in [1.165, 1.54) is 0 Å². The Balaban J connectivity index is 1.70. The van der Waals surface area contributed by atoms with Gasteiger partial charge in [0.05, 0.1) is 16.3 Å². The first kappa shape index (κ1) is 21.1. The molecule has 0 bridgehead atoms. The fourth-order valence-corrected chi connectivity index (χ4v) is 4.97. The van der Waals surface area contributed by atoms with Crippen LogP contribution in [0.4, 0.5) is 0 Å². The summed E-state index contributed by atoms with van der Waals surface area (Å²) in [5, 5.41) is 11.4. The molecule has 0 spiro atoms. The number of nitrogens with zero attached hydrogens (tertiary/aromatic N) is 3.